The van der Waals surface area contributed by atoms with Gasteiger partial charge >= 0.3 is 0 Å². The molecule has 3 rings (SSSR count). The Morgan fingerprint density at radius 1 is 0.848 bits per heavy atom. The summed E-state index contributed by atoms with van der Waals surface area (Å²) in [5, 5.41) is 7.41. The molecule has 0 radical (unpaired) electrons. The maximum atomic E-state index is 12.4. The smallest absolute Gasteiger partial charge is 0.269 e. The van der Waals surface area contributed by atoms with Crippen LogP contribution in [0.5, 0.6) is 0 Å². The van der Waals surface area contributed by atoms with Gasteiger partial charge in [-0.2, -0.15) is 0 Å². The molecule has 0 aliphatic heterocycles. The second kappa shape index (κ2) is 11.2. The summed E-state index contributed by atoms with van der Waals surface area (Å²) >= 11 is 5.11. The van der Waals surface area contributed by atoms with Crippen molar-refractivity contribution in [3.8, 4) is 0 Å². The molecular weight excluding hydrogens is 436 g/mol. The van der Waals surface area contributed by atoms with Gasteiger partial charge in [0, 0.05) is 17.7 Å². The van der Waals surface area contributed by atoms with E-state index in [1.165, 1.54) is 0 Å². The van der Waals surface area contributed by atoms with Gasteiger partial charge in [-0.1, -0.05) is 56.3 Å². The summed E-state index contributed by atoms with van der Waals surface area (Å²) < 4.78 is 0. The molecular formula is C25H26N4O3S. The summed E-state index contributed by atoms with van der Waals surface area (Å²) in [6.07, 6.45) is 0.580. The van der Waals surface area contributed by atoms with E-state index in [1.54, 1.807) is 24.3 Å². The molecule has 3 amide bonds. The Kier molecular flexibility index (Phi) is 8.10. The van der Waals surface area contributed by atoms with Gasteiger partial charge in [-0.3, -0.25) is 25.2 Å². The van der Waals surface area contributed by atoms with E-state index < -0.39 is 5.91 Å². The first-order chi connectivity index (χ1) is 15.8. The zero-order valence-corrected chi connectivity index (χ0v) is 19.3. The molecule has 0 saturated heterocycles. The van der Waals surface area contributed by atoms with Crippen LogP contribution < -0.4 is 21.5 Å². The third kappa shape index (κ3) is 7.11. The van der Waals surface area contributed by atoms with Gasteiger partial charge < -0.3 is 10.6 Å². The van der Waals surface area contributed by atoms with Crippen LogP contribution in [-0.2, 0) is 16.0 Å². The van der Waals surface area contributed by atoms with Gasteiger partial charge in [-0.25, -0.2) is 0 Å². The predicted octanol–water partition coefficient (Wildman–Crippen LogP) is 3.70. The van der Waals surface area contributed by atoms with Crippen molar-refractivity contribution in [2.45, 2.75) is 26.7 Å². The minimum absolute atomic E-state index is 0.00819. The van der Waals surface area contributed by atoms with E-state index in [0.717, 1.165) is 16.3 Å². The van der Waals surface area contributed by atoms with Crippen LogP contribution in [0.3, 0.4) is 0 Å². The van der Waals surface area contributed by atoms with Crippen LogP contribution in [0.2, 0.25) is 0 Å². The Morgan fingerprint density at radius 2 is 1.55 bits per heavy atom. The first-order valence-electron chi connectivity index (χ1n) is 10.6. The molecule has 33 heavy (non-hydrogen) atoms. The van der Waals surface area contributed by atoms with Crippen molar-refractivity contribution in [1.82, 2.24) is 16.2 Å². The first kappa shape index (κ1) is 23.9. The number of carbonyl (C=O) groups is 3. The summed E-state index contributed by atoms with van der Waals surface area (Å²) in [4.78, 5) is 36.5. The molecule has 0 aliphatic carbocycles. The lowest BCUT2D eigenvalue weighted by Crippen LogP contribution is -2.48. The fourth-order valence-corrected chi connectivity index (χ4v) is 3.46. The van der Waals surface area contributed by atoms with Crippen molar-refractivity contribution in [2.75, 3.05) is 5.32 Å². The molecule has 0 atom stereocenters. The minimum atomic E-state index is -0.430. The molecule has 8 heteroatoms. The molecule has 7 nitrogen and oxygen atoms in total. The average Bonchev–Trinajstić information content (AvgIpc) is 2.77. The SMILES string of the molecule is CC(C)CC(=O)Nc1ccc(C(=O)NNC(=S)NC(=O)Cc2cccc3ccccc23)cc1. The van der Waals surface area contributed by atoms with Crippen molar-refractivity contribution >= 4 is 51.5 Å². The molecule has 0 bridgehead atoms. The molecule has 0 fully saturated rings. The third-order valence-electron chi connectivity index (χ3n) is 4.80. The number of anilines is 1. The summed E-state index contributed by atoms with van der Waals surface area (Å²) in [6.45, 7) is 3.94. The molecule has 0 spiro atoms. The second-order valence-electron chi connectivity index (χ2n) is 7.99. The maximum Gasteiger partial charge on any atom is 0.269 e. The highest BCUT2D eigenvalue weighted by Crippen LogP contribution is 2.18. The predicted molar refractivity (Wildman–Crippen MR) is 134 cm³/mol. The number of hydrogen-bond acceptors (Lipinski definition) is 4. The Bertz CT molecular complexity index is 1170. The second-order valence-corrected chi connectivity index (χ2v) is 8.40. The van der Waals surface area contributed by atoms with Crippen LogP contribution in [0, 0.1) is 5.92 Å². The first-order valence-corrected chi connectivity index (χ1v) is 11.0. The number of benzene rings is 3. The van der Waals surface area contributed by atoms with Crippen LogP contribution >= 0.6 is 12.2 Å². The Labute approximate surface area is 197 Å². The molecule has 4 N–H and O–H groups in total. The summed E-state index contributed by atoms with van der Waals surface area (Å²) in [7, 11) is 0. The topological polar surface area (TPSA) is 99.3 Å². The molecule has 0 unspecified atom stereocenters. The highest BCUT2D eigenvalue weighted by molar-refractivity contribution is 7.80. The quantitative estimate of drug-likeness (QED) is 0.331. The van der Waals surface area contributed by atoms with E-state index in [0.29, 0.717) is 17.7 Å². The summed E-state index contributed by atoms with van der Waals surface area (Å²) in [5.74, 6) is -0.536. The van der Waals surface area contributed by atoms with Gasteiger partial charge in [0.2, 0.25) is 11.8 Å². The van der Waals surface area contributed by atoms with Crippen LogP contribution in [0.4, 0.5) is 5.69 Å². The third-order valence-corrected chi connectivity index (χ3v) is 5.00. The summed E-state index contributed by atoms with van der Waals surface area (Å²) in [6, 6.07) is 20.1. The lowest BCUT2D eigenvalue weighted by molar-refractivity contribution is -0.119. The summed E-state index contributed by atoms with van der Waals surface area (Å²) in [5.41, 5.74) is 6.85. The monoisotopic (exact) mass is 462 g/mol. The molecule has 0 heterocycles. The number of carbonyl (C=O) groups excluding carboxylic acids is 3. The van der Waals surface area contributed by atoms with Crippen LogP contribution in [0.25, 0.3) is 10.8 Å². The van der Waals surface area contributed by atoms with Crippen LogP contribution in [0.1, 0.15) is 36.2 Å². The number of nitrogens with one attached hydrogen (secondary N) is 4. The van der Waals surface area contributed by atoms with E-state index in [2.05, 4.69) is 21.5 Å². The van der Waals surface area contributed by atoms with Gasteiger partial charge in [0.1, 0.15) is 0 Å². The minimum Gasteiger partial charge on any atom is -0.326 e. The number of rotatable bonds is 6. The van der Waals surface area contributed by atoms with Gasteiger partial charge in [0.05, 0.1) is 6.42 Å². The van der Waals surface area contributed by atoms with E-state index in [9.17, 15) is 14.4 Å². The number of hydrogen-bond donors (Lipinski definition) is 4. The molecule has 170 valence electrons. The van der Waals surface area contributed by atoms with Gasteiger partial charge in [0.25, 0.3) is 5.91 Å². The fraction of sp³-hybridized carbons (Fsp3) is 0.200. The molecule has 0 aliphatic rings. The van der Waals surface area contributed by atoms with E-state index in [4.69, 9.17) is 12.2 Å². The Hall–Kier alpha value is -3.78. The van der Waals surface area contributed by atoms with Crippen molar-refractivity contribution in [2.24, 2.45) is 5.92 Å². The Morgan fingerprint density at radius 3 is 2.27 bits per heavy atom. The highest BCUT2D eigenvalue weighted by atomic mass is 32.1. The van der Waals surface area contributed by atoms with Crippen molar-refractivity contribution in [1.29, 1.82) is 0 Å². The zero-order chi connectivity index (χ0) is 23.8. The number of thiocarbonyl (C=S) groups is 1. The van der Waals surface area contributed by atoms with Crippen molar-refractivity contribution < 1.29 is 14.4 Å². The van der Waals surface area contributed by atoms with Crippen LogP contribution in [0.15, 0.2) is 66.7 Å². The largest absolute Gasteiger partial charge is 0.326 e. The van der Waals surface area contributed by atoms with E-state index in [-0.39, 0.29) is 29.3 Å². The number of hydrazine groups is 1. The van der Waals surface area contributed by atoms with Gasteiger partial charge in [-0.15, -0.1) is 0 Å². The lowest BCUT2D eigenvalue weighted by atomic mass is 10.0. The van der Waals surface area contributed by atoms with Gasteiger partial charge in [0.15, 0.2) is 5.11 Å². The number of fused-ring (bicyclic) bond motifs is 1. The van der Waals surface area contributed by atoms with Gasteiger partial charge in [-0.05, 0) is 58.7 Å². The maximum absolute atomic E-state index is 12.4. The molecule has 3 aromatic rings. The van der Waals surface area contributed by atoms with Crippen molar-refractivity contribution in [3.05, 3.63) is 77.9 Å². The molecule has 0 saturated carbocycles. The molecule has 0 aromatic heterocycles. The van der Waals surface area contributed by atoms with E-state index >= 15 is 0 Å². The lowest BCUT2D eigenvalue weighted by Gasteiger charge is -2.12. The standard InChI is InChI=1S/C25H26N4O3S/c1-16(2)14-22(30)26-20-12-10-18(11-13-20)24(32)28-29-25(33)27-23(31)15-19-8-5-7-17-6-3-4-9-21(17)19/h3-13,16H,14-15H2,1-2H3,(H,26,30)(H,28,32)(H2,27,29,31,33). The van der Waals surface area contributed by atoms with Crippen LogP contribution in [-0.4, -0.2) is 22.8 Å². The normalized spacial score (nSPS) is 10.5. The Balaban J connectivity index is 1.47. The number of amides is 3. The zero-order valence-electron chi connectivity index (χ0n) is 18.5. The fourth-order valence-electron chi connectivity index (χ4n) is 3.30. The van der Waals surface area contributed by atoms with Crippen molar-refractivity contribution in [3.63, 3.8) is 0 Å². The van der Waals surface area contributed by atoms with E-state index in [1.807, 2.05) is 56.3 Å². The average molecular weight is 463 g/mol. The highest BCUT2D eigenvalue weighted by Gasteiger charge is 2.11. The molecule has 3 aromatic carbocycles.